The molecule has 0 aromatic heterocycles. The third kappa shape index (κ3) is 4.85. The van der Waals surface area contributed by atoms with Crippen LogP contribution in [-0.4, -0.2) is 11.3 Å². The van der Waals surface area contributed by atoms with Gasteiger partial charge in [0.05, 0.1) is 4.92 Å². The van der Waals surface area contributed by atoms with Crippen LogP contribution < -0.4 is 9.46 Å². The van der Waals surface area contributed by atoms with Crippen molar-refractivity contribution in [2.24, 2.45) is 0 Å². The number of rotatable bonds is 5. The third-order valence-electron chi connectivity index (χ3n) is 2.42. The number of alkyl halides is 3. The van der Waals surface area contributed by atoms with Gasteiger partial charge in [0.25, 0.3) is 5.69 Å². The van der Waals surface area contributed by atoms with E-state index in [2.05, 4.69) is 9.46 Å². The second-order valence-corrected chi connectivity index (χ2v) is 4.91. The molecule has 0 spiro atoms. The van der Waals surface area contributed by atoms with Gasteiger partial charge in [-0.15, -0.1) is 13.2 Å². The van der Waals surface area contributed by atoms with E-state index in [1.807, 2.05) is 0 Å². The first-order valence-corrected chi connectivity index (χ1v) is 6.68. The Kier molecular flexibility index (Phi) is 4.76. The van der Waals surface area contributed by atoms with E-state index in [4.69, 9.17) is 0 Å². The highest BCUT2D eigenvalue weighted by molar-refractivity contribution is 8.00. The predicted molar refractivity (Wildman–Crippen MR) is 75.7 cm³/mol. The Morgan fingerprint density at radius 3 is 2.14 bits per heavy atom. The zero-order valence-corrected chi connectivity index (χ0v) is 11.6. The molecule has 0 saturated carbocycles. The van der Waals surface area contributed by atoms with E-state index in [1.165, 1.54) is 48.3 Å². The van der Waals surface area contributed by atoms with Gasteiger partial charge in [-0.2, -0.15) is 0 Å². The Morgan fingerprint density at radius 1 is 1.05 bits per heavy atom. The van der Waals surface area contributed by atoms with Gasteiger partial charge in [-0.3, -0.25) is 10.1 Å². The van der Waals surface area contributed by atoms with Crippen molar-refractivity contribution < 1.29 is 22.8 Å². The minimum atomic E-state index is -4.72. The van der Waals surface area contributed by atoms with Crippen molar-refractivity contribution in [1.82, 2.24) is 0 Å². The van der Waals surface area contributed by atoms with Gasteiger partial charge in [-0.25, -0.2) is 0 Å². The molecule has 0 aliphatic carbocycles. The van der Waals surface area contributed by atoms with Crippen LogP contribution in [0.2, 0.25) is 0 Å². The zero-order chi connectivity index (χ0) is 16.2. The molecule has 1 N–H and O–H groups in total. The minimum absolute atomic E-state index is 0.0157. The molecule has 2 rings (SSSR count). The molecule has 0 bridgehead atoms. The molecule has 0 aliphatic rings. The van der Waals surface area contributed by atoms with Crippen LogP contribution in [0.5, 0.6) is 5.75 Å². The van der Waals surface area contributed by atoms with E-state index in [0.717, 1.165) is 4.90 Å². The number of ether oxygens (including phenoxy) is 1. The number of nitro groups is 1. The lowest BCUT2D eigenvalue weighted by Crippen LogP contribution is -2.16. The predicted octanol–water partition coefficient (Wildman–Crippen LogP) is 4.61. The standard InChI is InChI=1S/C13H9F3N2O3S/c14-13(15,16)21-11-5-1-9(2-6-11)17-22-12-7-3-10(4-8-12)18(19)20/h1-8,17H. The third-order valence-corrected chi connectivity index (χ3v) is 3.27. The maximum atomic E-state index is 12.0. The molecule has 116 valence electrons. The van der Waals surface area contributed by atoms with Gasteiger partial charge in [-0.1, -0.05) is 0 Å². The summed E-state index contributed by atoms with van der Waals surface area (Å²) in [6.07, 6.45) is -4.72. The molecular formula is C13H9F3N2O3S. The molecule has 5 nitrogen and oxygen atoms in total. The first kappa shape index (κ1) is 16.0. The van der Waals surface area contributed by atoms with Crippen LogP contribution in [0, 0.1) is 10.1 Å². The molecule has 2 aromatic rings. The summed E-state index contributed by atoms with van der Waals surface area (Å²) < 4.78 is 42.7. The summed E-state index contributed by atoms with van der Waals surface area (Å²) >= 11 is 1.18. The molecule has 2 aromatic carbocycles. The van der Waals surface area contributed by atoms with Crippen molar-refractivity contribution in [1.29, 1.82) is 0 Å². The lowest BCUT2D eigenvalue weighted by Gasteiger charge is -2.10. The molecule has 0 unspecified atom stereocenters. The fraction of sp³-hybridized carbons (Fsp3) is 0.0769. The molecular weight excluding hydrogens is 321 g/mol. The largest absolute Gasteiger partial charge is 0.573 e. The number of hydrogen-bond donors (Lipinski definition) is 1. The van der Waals surface area contributed by atoms with Gasteiger partial charge < -0.3 is 9.46 Å². The van der Waals surface area contributed by atoms with E-state index in [0.29, 0.717) is 5.69 Å². The highest BCUT2D eigenvalue weighted by Gasteiger charge is 2.30. The first-order chi connectivity index (χ1) is 10.3. The van der Waals surface area contributed by atoms with Crippen molar-refractivity contribution in [2.45, 2.75) is 11.3 Å². The molecule has 0 atom stereocenters. The van der Waals surface area contributed by atoms with Crippen LogP contribution in [-0.2, 0) is 0 Å². The fourth-order valence-electron chi connectivity index (χ4n) is 1.48. The van der Waals surface area contributed by atoms with E-state index in [1.54, 1.807) is 12.1 Å². The summed E-state index contributed by atoms with van der Waals surface area (Å²) in [6.45, 7) is 0. The number of nitrogens with one attached hydrogen (secondary N) is 1. The molecule has 0 aliphatic heterocycles. The fourth-order valence-corrected chi connectivity index (χ4v) is 2.12. The topological polar surface area (TPSA) is 64.4 Å². The lowest BCUT2D eigenvalue weighted by atomic mass is 10.3. The van der Waals surface area contributed by atoms with Gasteiger partial charge in [0, 0.05) is 22.7 Å². The van der Waals surface area contributed by atoms with E-state index in [-0.39, 0.29) is 11.4 Å². The monoisotopic (exact) mass is 330 g/mol. The molecule has 9 heteroatoms. The van der Waals surface area contributed by atoms with Crippen LogP contribution in [0.4, 0.5) is 24.5 Å². The number of hydrogen-bond acceptors (Lipinski definition) is 5. The SMILES string of the molecule is O=[N+]([O-])c1ccc(SNc2ccc(OC(F)(F)F)cc2)cc1. The van der Waals surface area contributed by atoms with Gasteiger partial charge in [0.1, 0.15) is 5.75 Å². The van der Waals surface area contributed by atoms with Crippen molar-refractivity contribution in [3.05, 3.63) is 58.6 Å². The Morgan fingerprint density at radius 2 is 1.64 bits per heavy atom. The smallest absolute Gasteiger partial charge is 0.406 e. The first-order valence-electron chi connectivity index (χ1n) is 5.86. The Labute approximate surface area is 127 Å². The second-order valence-electron chi connectivity index (χ2n) is 4.03. The van der Waals surface area contributed by atoms with Crippen molar-refractivity contribution in [3.8, 4) is 5.75 Å². The summed E-state index contributed by atoms with van der Waals surface area (Å²) in [7, 11) is 0. The van der Waals surface area contributed by atoms with Gasteiger partial charge >= 0.3 is 6.36 Å². The maximum Gasteiger partial charge on any atom is 0.573 e. The van der Waals surface area contributed by atoms with Crippen LogP contribution in [0.3, 0.4) is 0 Å². The molecule has 0 saturated heterocycles. The van der Waals surface area contributed by atoms with Crippen LogP contribution in [0.15, 0.2) is 53.4 Å². The number of halogens is 3. The van der Waals surface area contributed by atoms with Crippen LogP contribution in [0.1, 0.15) is 0 Å². The summed E-state index contributed by atoms with van der Waals surface area (Å²) in [5, 5.41) is 10.5. The highest BCUT2D eigenvalue weighted by Crippen LogP contribution is 2.27. The van der Waals surface area contributed by atoms with Crippen molar-refractivity contribution in [3.63, 3.8) is 0 Å². The van der Waals surface area contributed by atoms with Crippen LogP contribution >= 0.6 is 11.9 Å². The lowest BCUT2D eigenvalue weighted by molar-refractivity contribution is -0.384. The van der Waals surface area contributed by atoms with Gasteiger partial charge in [0.2, 0.25) is 0 Å². The van der Waals surface area contributed by atoms with E-state index in [9.17, 15) is 23.3 Å². The molecule has 0 fully saturated rings. The Bertz CT molecular complexity index is 645. The molecule has 0 heterocycles. The quantitative estimate of drug-likeness (QED) is 0.492. The maximum absolute atomic E-state index is 12.0. The Balaban J connectivity index is 1.92. The number of benzene rings is 2. The average Bonchev–Trinajstić information content (AvgIpc) is 2.45. The van der Waals surface area contributed by atoms with E-state index < -0.39 is 11.3 Å². The average molecular weight is 330 g/mol. The second kappa shape index (κ2) is 6.56. The van der Waals surface area contributed by atoms with Crippen LogP contribution in [0.25, 0.3) is 0 Å². The number of non-ortho nitro benzene ring substituents is 1. The highest BCUT2D eigenvalue weighted by atomic mass is 32.2. The molecule has 0 radical (unpaired) electrons. The molecule has 22 heavy (non-hydrogen) atoms. The minimum Gasteiger partial charge on any atom is -0.406 e. The van der Waals surface area contributed by atoms with Crippen molar-refractivity contribution >= 4 is 23.3 Å². The summed E-state index contributed by atoms with van der Waals surface area (Å²) in [4.78, 5) is 10.7. The van der Waals surface area contributed by atoms with Gasteiger partial charge in [0.15, 0.2) is 0 Å². The summed E-state index contributed by atoms with van der Waals surface area (Å²) in [5.74, 6) is -0.307. The number of nitro benzene ring substituents is 1. The summed E-state index contributed by atoms with van der Waals surface area (Å²) in [6, 6.07) is 11.1. The van der Waals surface area contributed by atoms with Gasteiger partial charge in [-0.05, 0) is 48.3 Å². The van der Waals surface area contributed by atoms with E-state index >= 15 is 0 Å². The number of anilines is 1. The Hall–Kier alpha value is -2.42. The molecule has 0 amide bonds. The van der Waals surface area contributed by atoms with Crippen molar-refractivity contribution in [2.75, 3.05) is 4.72 Å². The number of nitrogens with zero attached hydrogens (tertiary/aromatic N) is 1. The zero-order valence-electron chi connectivity index (χ0n) is 10.8. The normalized spacial score (nSPS) is 11.0. The summed E-state index contributed by atoms with van der Waals surface area (Å²) in [5.41, 5.74) is 0.552.